The number of hydrogen-bond donors (Lipinski definition) is 1. The molecule has 1 N–H and O–H groups in total. The number of hydrogen-bond acceptors (Lipinski definition) is 3. The molecule has 3 nitrogen and oxygen atoms in total. The maximum atomic E-state index is 8.53. The van der Waals surface area contributed by atoms with E-state index in [4.69, 9.17) is 14.6 Å². The van der Waals surface area contributed by atoms with Crippen LogP contribution in [0.15, 0.2) is 12.3 Å². The van der Waals surface area contributed by atoms with Crippen LogP contribution >= 0.6 is 0 Å². The number of ether oxygens (including phenoxy) is 2. The highest BCUT2D eigenvalue weighted by molar-refractivity contribution is 5.12. The van der Waals surface area contributed by atoms with Gasteiger partial charge in [0, 0.05) is 13.0 Å². The molecule has 1 fully saturated rings. The molecule has 2 atom stereocenters. The maximum Gasteiger partial charge on any atom is 0.243 e. The van der Waals surface area contributed by atoms with Gasteiger partial charge in [0.15, 0.2) is 0 Å². The molecule has 9 heavy (non-hydrogen) atoms. The molecule has 2 heterocycles. The van der Waals surface area contributed by atoms with Gasteiger partial charge in [0.2, 0.25) is 5.79 Å². The topological polar surface area (TPSA) is 42.0 Å². The Morgan fingerprint density at radius 2 is 2.56 bits per heavy atom. The normalized spacial score (nSPS) is 44.3. The predicted molar refractivity (Wildman–Crippen MR) is 29.5 cm³/mol. The summed E-state index contributed by atoms with van der Waals surface area (Å²) in [4.78, 5) is 0. The number of fused-ring (bicyclic) bond motifs is 1. The predicted octanol–water partition coefficient (Wildman–Crippen LogP) is 0.00780. The lowest BCUT2D eigenvalue weighted by Crippen LogP contribution is -2.14. The Balaban J connectivity index is 1.99. The Morgan fingerprint density at radius 3 is 3.00 bits per heavy atom. The molecule has 0 saturated carbocycles. The number of aliphatic hydroxyl groups is 1. The summed E-state index contributed by atoms with van der Waals surface area (Å²) in [6, 6.07) is 0. The fraction of sp³-hybridized carbons (Fsp3) is 0.667. The standard InChI is InChI=1S/C6H8O3/c7-3-2-6-5(9-6)1-4-8-6/h1,4-5,7H,2-3H2. The first-order chi connectivity index (χ1) is 4.37. The Kier molecular flexibility index (Phi) is 0.870. The van der Waals surface area contributed by atoms with Crippen molar-refractivity contribution in [2.75, 3.05) is 6.61 Å². The second kappa shape index (κ2) is 1.49. The molecular formula is C6H8O3. The van der Waals surface area contributed by atoms with E-state index in [0.717, 1.165) is 0 Å². The summed E-state index contributed by atoms with van der Waals surface area (Å²) >= 11 is 0. The van der Waals surface area contributed by atoms with E-state index >= 15 is 0 Å². The van der Waals surface area contributed by atoms with Gasteiger partial charge in [-0.1, -0.05) is 0 Å². The molecule has 0 aromatic heterocycles. The molecule has 0 spiro atoms. The Bertz CT molecular complexity index is 154. The molecule has 2 rings (SSSR count). The molecular weight excluding hydrogens is 120 g/mol. The van der Waals surface area contributed by atoms with E-state index in [0.29, 0.717) is 6.42 Å². The van der Waals surface area contributed by atoms with Crippen LogP contribution in [0.25, 0.3) is 0 Å². The van der Waals surface area contributed by atoms with Crippen molar-refractivity contribution in [3.8, 4) is 0 Å². The molecule has 2 aliphatic heterocycles. The van der Waals surface area contributed by atoms with Crippen molar-refractivity contribution in [2.45, 2.75) is 18.3 Å². The average molecular weight is 128 g/mol. The monoisotopic (exact) mass is 128 g/mol. The van der Waals surface area contributed by atoms with Crippen LogP contribution in [-0.4, -0.2) is 23.6 Å². The molecule has 1 saturated heterocycles. The minimum absolute atomic E-state index is 0.115. The Hall–Kier alpha value is -0.540. The van der Waals surface area contributed by atoms with Gasteiger partial charge in [0.05, 0.1) is 6.26 Å². The molecule has 0 amide bonds. The van der Waals surface area contributed by atoms with E-state index in [1.807, 2.05) is 6.08 Å². The molecule has 2 unspecified atom stereocenters. The van der Waals surface area contributed by atoms with Crippen molar-refractivity contribution in [3.63, 3.8) is 0 Å². The second-order valence-electron chi connectivity index (χ2n) is 2.27. The van der Waals surface area contributed by atoms with E-state index in [1.54, 1.807) is 6.26 Å². The van der Waals surface area contributed by atoms with Crippen LogP contribution in [0.4, 0.5) is 0 Å². The minimum Gasteiger partial charge on any atom is -0.467 e. The lowest BCUT2D eigenvalue weighted by atomic mass is 10.2. The molecule has 0 radical (unpaired) electrons. The van der Waals surface area contributed by atoms with E-state index in [-0.39, 0.29) is 12.7 Å². The highest BCUT2D eigenvalue weighted by atomic mass is 16.8. The summed E-state index contributed by atoms with van der Waals surface area (Å²) in [5.41, 5.74) is 0. The van der Waals surface area contributed by atoms with Gasteiger partial charge >= 0.3 is 0 Å². The third kappa shape index (κ3) is 0.587. The lowest BCUT2D eigenvalue weighted by molar-refractivity contribution is 0.00153. The third-order valence-electron chi connectivity index (χ3n) is 1.68. The van der Waals surface area contributed by atoms with Gasteiger partial charge in [-0.3, -0.25) is 0 Å². The zero-order chi connectivity index (χ0) is 6.32. The van der Waals surface area contributed by atoms with Gasteiger partial charge in [-0.05, 0) is 6.08 Å². The van der Waals surface area contributed by atoms with E-state index in [2.05, 4.69) is 0 Å². The van der Waals surface area contributed by atoms with Gasteiger partial charge in [-0.2, -0.15) is 0 Å². The largest absolute Gasteiger partial charge is 0.467 e. The summed E-state index contributed by atoms with van der Waals surface area (Å²) < 4.78 is 10.2. The Morgan fingerprint density at radius 1 is 1.67 bits per heavy atom. The molecule has 0 bridgehead atoms. The van der Waals surface area contributed by atoms with E-state index < -0.39 is 5.79 Å². The SMILES string of the molecule is OCCC12OC=CC1O2. The van der Waals surface area contributed by atoms with Crippen LogP contribution in [0.1, 0.15) is 6.42 Å². The first-order valence-electron chi connectivity index (χ1n) is 3.00. The van der Waals surface area contributed by atoms with Crippen molar-refractivity contribution >= 4 is 0 Å². The molecule has 3 heteroatoms. The van der Waals surface area contributed by atoms with Gasteiger partial charge in [0.1, 0.15) is 6.10 Å². The minimum atomic E-state index is -0.450. The summed E-state index contributed by atoms with van der Waals surface area (Å²) in [7, 11) is 0. The van der Waals surface area contributed by atoms with Crippen LogP contribution in [0, 0.1) is 0 Å². The van der Waals surface area contributed by atoms with E-state index in [9.17, 15) is 0 Å². The van der Waals surface area contributed by atoms with Crippen LogP contribution in [0.3, 0.4) is 0 Å². The van der Waals surface area contributed by atoms with E-state index in [1.165, 1.54) is 0 Å². The fourth-order valence-corrected chi connectivity index (χ4v) is 1.10. The quantitative estimate of drug-likeness (QED) is 0.532. The first kappa shape index (κ1) is 5.26. The number of epoxide rings is 1. The van der Waals surface area contributed by atoms with Crippen molar-refractivity contribution in [3.05, 3.63) is 12.3 Å². The summed E-state index contributed by atoms with van der Waals surface area (Å²) in [6.07, 6.45) is 4.18. The van der Waals surface area contributed by atoms with Crippen molar-refractivity contribution in [1.29, 1.82) is 0 Å². The number of aliphatic hydroxyl groups excluding tert-OH is 1. The van der Waals surface area contributed by atoms with Crippen LogP contribution < -0.4 is 0 Å². The molecule has 2 aliphatic rings. The fourth-order valence-electron chi connectivity index (χ4n) is 1.10. The molecule has 0 aliphatic carbocycles. The second-order valence-corrected chi connectivity index (χ2v) is 2.27. The maximum absolute atomic E-state index is 8.53. The highest BCUT2D eigenvalue weighted by Crippen LogP contribution is 2.45. The lowest BCUT2D eigenvalue weighted by Gasteiger charge is -2.05. The summed E-state index contributed by atoms with van der Waals surface area (Å²) in [5.74, 6) is -0.450. The third-order valence-corrected chi connectivity index (χ3v) is 1.68. The zero-order valence-corrected chi connectivity index (χ0v) is 4.91. The smallest absolute Gasteiger partial charge is 0.243 e. The van der Waals surface area contributed by atoms with Gasteiger partial charge in [-0.25, -0.2) is 0 Å². The molecule has 0 aromatic rings. The van der Waals surface area contributed by atoms with Gasteiger partial charge < -0.3 is 14.6 Å². The zero-order valence-electron chi connectivity index (χ0n) is 4.91. The Labute approximate surface area is 52.9 Å². The average Bonchev–Trinajstić information content (AvgIpc) is 2.37. The summed E-state index contributed by atoms with van der Waals surface area (Å²) in [6.45, 7) is 0.123. The highest BCUT2D eigenvalue weighted by Gasteiger charge is 2.59. The van der Waals surface area contributed by atoms with Crippen molar-refractivity contribution in [2.24, 2.45) is 0 Å². The molecule has 50 valence electrons. The van der Waals surface area contributed by atoms with Crippen molar-refractivity contribution in [1.82, 2.24) is 0 Å². The van der Waals surface area contributed by atoms with Gasteiger partial charge in [-0.15, -0.1) is 0 Å². The summed E-state index contributed by atoms with van der Waals surface area (Å²) in [5, 5.41) is 8.53. The van der Waals surface area contributed by atoms with Crippen molar-refractivity contribution < 1.29 is 14.6 Å². The van der Waals surface area contributed by atoms with Crippen LogP contribution in [0.2, 0.25) is 0 Å². The van der Waals surface area contributed by atoms with Crippen LogP contribution in [-0.2, 0) is 9.47 Å². The van der Waals surface area contributed by atoms with Gasteiger partial charge in [0.25, 0.3) is 0 Å². The first-order valence-corrected chi connectivity index (χ1v) is 3.00. The van der Waals surface area contributed by atoms with Crippen LogP contribution in [0.5, 0.6) is 0 Å². The number of rotatable bonds is 2. The molecule has 0 aromatic carbocycles.